The Kier molecular flexibility index (Phi) is 6.33. The van der Waals surface area contributed by atoms with Gasteiger partial charge >= 0.3 is 0 Å². The number of carbonyl (C=O) groups is 3. The molecule has 152 valence electrons. The van der Waals surface area contributed by atoms with Crippen molar-refractivity contribution in [3.63, 3.8) is 0 Å². The lowest BCUT2D eigenvalue weighted by molar-refractivity contribution is -0.127. The summed E-state index contributed by atoms with van der Waals surface area (Å²) in [6.45, 7) is 0.0899. The van der Waals surface area contributed by atoms with Gasteiger partial charge in [0.2, 0.25) is 17.7 Å². The van der Waals surface area contributed by atoms with E-state index in [-0.39, 0.29) is 24.8 Å². The number of nitrogens with zero attached hydrogens (tertiary/aromatic N) is 1. The molecule has 2 aromatic rings. The zero-order valence-corrected chi connectivity index (χ0v) is 16.3. The topological polar surface area (TPSA) is 97.0 Å². The number of benzene rings is 2. The van der Waals surface area contributed by atoms with E-state index in [0.717, 1.165) is 5.69 Å². The molecule has 29 heavy (non-hydrogen) atoms. The summed E-state index contributed by atoms with van der Waals surface area (Å²) in [6, 6.07) is 14.2. The Morgan fingerprint density at radius 1 is 1.10 bits per heavy atom. The first-order chi connectivity index (χ1) is 14.0. The number of nitrogens with one attached hydrogen (secondary N) is 2. The number of amides is 3. The third kappa shape index (κ3) is 4.84. The Labute approximate surface area is 168 Å². The maximum Gasteiger partial charge on any atom is 0.243 e. The van der Waals surface area contributed by atoms with Crippen molar-refractivity contribution in [3.05, 3.63) is 48.5 Å². The van der Waals surface area contributed by atoms with Crippen LogP contribution in [0.1, 0.15) is 6.42 Å². The maximum absolute atomic E-state index is 12.4. The number of carbonyl (C=O) groups excluding carboxylic acids is 3. The number of para-hydroxylation sites is 1. The van der Waals surface area contributed by atoms with Gasteiger partial charge in [-0.15, -0.1) is 0 Å². The molecule has 2 aromatic carbocycles. The summed E-state index contributed by atoms with van der Waals surface area (Å²) in [5.74, 6) is -0.277. The molecular formula is C21H23N3O5. The van der Waals surface area contributed by atoms with Crippen LogP contribution in [0.25, 0.3) is 0 Å². The largest absolute Gasteiger partial charge is 0.497 e. The molecule has 8 heteroatoms. The van der Waals surface area contributed by atoms with Gasteiger partial charge in [0.15, 0.2) is 0 Å². The van der Waals surface area contributed by atoms with Gasteiger partial charge in [0.25, 0.3) is 0 Å². The minimum atomic E-state index is -0.494. The molecule has 0 bridgehead atoms. The van der Waals surface area contributed by atoms with Crippen LogP contribution in [-0.4, -0.2) is 45.0 Å². The summed E-state index contributed by atoms with van der Waals surface area (Å²) in [7, 11) is 3.02. The molecule has 0 spiro atoms. The van der Waals surface area contributed by atoms with Crippen molar-refractivity contribution in [1.29, 1.82) is 0 Å². The monoisotopic (exact) mass is 397 g/mol. The summed E-state index contributed by atoms with van der Waals surface area (Å²) in [5.41, 5.74) is 1.23. The molecule has 0 unspecified atom stereocenters. The molecule has 8 nitrogen and oxygen atoms in total. The fourth-order valence-corrected chi connectivity index (χ4v) is 3.15. The van der Waals surface area contributed by atoms with Crippen molar-refractivity contribution in [2.45, 2.75) is 6.42 Å². The lowest BCUT2D eigenvalue weighted by Crippen LogP contribution is -2.38. The van der Waals surface area contributed by atoms with Gasteiger partial charge in [-0.1, -0.05) is 18.2 Å². The Morgan fingerprint density at radius 2 is 1.86 bits per heavy atom. The molecule has 0 saturated carbocycles. The minimum absolute atomic E-state index is 0.108. The molecule has 1 aliphatic rings. The fraction of sp³-hybridized carbons (Fsp3) is 0.286. The second kappa shape index (κ2) is 9.09. The smallest absolute Gasteiger partial charge is 0.243 e. The van der Waals surface area contributed by atoms with E-state index in [1.807, 2.05) is 30.3 Å². The van der Waals surface area contributed by atoms with Crippen LogP contribution in [0.5, 0.6) is 11.5 Å². The normalized spacial score (nSPS) is 15.7. The van der Waals surface area contributed by atoms with Gasteiger partial charge in [-0.05, 0) is 24.3 Å². The van der Waals surface area contributed by atoms with E-state index in [2.05, 4.69) is 10.6 Å². The van der Waals surface area contributed by atoms with E-state index in [4.69, 9.17) is 9.47 Å². The average Bonchev–Trinajstić information content (AvgIpc) is 3.14. The summed E-state index contributed by atoms with van der Waals surface area (Å²) < 4.78 is 10.4. The molecule has 3 amide bonds. The SMILES string of the molecule is COc1ccc(NC(=O)CNC(=O)[C@@H]2CC(=O)N(c3ccccc3)C2)c(OC)c1. The van der Waals surface area contributed by atoms with Gasteiger partial charge in [-0.3, -0.25) is 14.4 Å². The van der Waals surface area contributed by atoms with Gasteiger partial charge in [0.1, 0.15) is 11.5 Å². The quantitative estimate of drug-likeness (QED) is 0.743. The van der Waals surface area contributed by atoms with Crippen molar-refractivity contribution in [1.82, 2.24) is 5.32 Å². The predicted octanol–water partition coefficient (Wildman–Crippen LogP) is 1.81. The Morgan fingerprint density at radius 3 is 2.55 bits per heavy atom. The van der Waals surface area contributed by atoms with Gasteiger partial charge in [0, 0.05) is 24.7 Å². The van der Waals surface area contributed by atoms with Gasteiger partial charge in [-0.25, -0.2) is 0 Å². The number of methoxy groups -OCH3 is 2. The molecule has 0 aromatic heterocycles. The molecule has 0 aliphatic carbocycles. The van der Waals surface area contributed by atoms with Gasteiger partial charge in [0.05, 0.1) is 32.4 Å². The zero-order valence-electron chi connectivity index (χ0n) is 16.3. The first-order valence-corrected chi connectivity index (χ1v) is 9.17. The second-order valence-corrected chi connectivity index (χ2v) is 6.57. The van der Waals surface area contributed by atoms with Crippen molar-refractivity contribution < 1.29 is 23.9 Å². The Hall–Kier alpha value is -3.55. The van der Waals surface area contributed by atoms with Crippen LogP contribution < -0.4 is 25.0 Å². The number of hydrogen-bond donors (Lipinski definition) is 2. The molecule has 3 rings (SSSR count). The minimum Gasteiger partial charge on any atom is -0.497 e. The van der Waals surface area contributed by atoms with Crippen LogP contribution in [0.4, 0.5) is 11.4 Å². The molecule has 1 fully saturated rings. The summed E-state index contributed by atoms with van der Waals surface area (Å²) in [4.78, 5) is 38.5. The molecular weight excluding hydrogens is 374 g/mol. The first kappa shape index (κ1) is 20.2. The number of anilines is 2. The second-order valence-electron chi connectivity index (χ2n) is 6.57. The molecule has 0 radical (unpaired) electrons. The molecule has 1 saturated heterocycles. The van der Waals surface area contributed by atoms with E-state index in [9.17, 15) is 14.4 Å². The highest BCUT2D eigenvalue weighted by Gasteiger charge is 2.35. The molecule has 1 aliphatic heterocycles. The highest BCUT2D eigenvalue weighted by molar-refractivity contribution is 6.01. The fourth-order valence-electron chi connectivity index (χ4n) is 3.15. The number of hydrogen-bond acceptors (Lipinski definition) is 5. The van der Waals surface area contributed by atoms with Crippen LogP contribution in [0, 0.1) is 5.92 Å². The van der Waals surface area contributed by atoms with E-state index in [0.29, 0.717) is 23.7 Å². The van der Waals surface area contributed by atoms with Crippen LogP contribution in [0.15, 0.2) is 48.5 Å². The molecule has 1 heterocycles. The highest BCUT2D eigenvalue weighted by Crippen LogP contribution is 2.29. The highest BCUT2D eigenvalue weighted by atomic mass is 16.5. The van der Waals surface area contributed by atoms with Crippen molar-refractivity contribution in [3.8, 4) is 11.5 Å². The van der Waals surface area contributed by atoms with Crippen molar-refractivity contribution >= 4 is 29.1 Å². The summed E-state index contributed by atoms with van der Waals surface area (Å²) in [6.07, 6.45) is 0.120. The zero-order chi connectivity index (χ0) is 20.8. The third-order valence-electron chi connectivity index (χ3n) is 4.67. The lowest BCUT2D eigenvalue weighted by Gasteiger charge is -2.16. The van der Waals surface area contributed by atoms with Crippen LogP contribution in [0.2, 0.25) is 0 Å². The van der Waals surface area contributed by atoms with E-state index < -0.39 is 11.8 Å². The van der Waals surface area contributed by atoms with E-state index >= 15 is 0 Å². The number of ether oxygens (including phenoxy) is 2. The lowest BCUT2D eigenvalue weighted by atomic mass is 10.1. The predicted molar refractivity (Wildman–Crippen MR) is 108 cm³/mol. The Balaban J connectivity index is 1.53. The van der Waals surface area contributed by atoms with Gasteiger partial charge < -0.3 is 25.0 Å². The van der Waals surface area contributed by atoms with Crippen LogP contribution in [-0.2, 0) is 14.4 Å². The van der Waals surface area contributed by atoms with E-state index in [1.54, 1.807) is 23.1 Å². The summed E-state index contributed by atoms with van der Waals surface area (Å²) in [5, 5.41) is 5.29. The third-order valence-corrected chi connectivity index (χ3v) is 4.67. The number of rotatable bonds is 7. The average molecular weight is 397 g/mol. The van der Waals surface area contributed by atoms with Gasteiger partial charge in [-0.2, -0.15) is 0 Å². The van der Waals surface area contributed by atoms with Crippen LogP contribution >= 0.6 is 0 Å². The molecule has 1 atom stereocenters. The van der Waals surface area contributed by atoms with Crippen molar-refractivity contribution in [2.75, 3.05) is 37.5 Å². The molecule has 2 N–H and O–H groups in total. The first-order valence-electron chi connectivity index (χ1n) is 9.17. The van der Waals surface area contributed by atoms with Crippen LogP contribution in [0.3, 0.4) is 0 Å². The van der Waals surface area contributed by atoms with Crippen molar-refractivity contribution in [2.24, 2.45) is 5.92 Å². The summed E-state index contributed by atoms with van der Waals surface area (Å²) >= 11 is 0. The standard InChI is InChI=1S/C21H23N3O5/c1-28-16-8-9-17(18(11-16)29-2)23-19(25)12-22-21(27)14-10-20(26)24(13-14)15-6-4-3-5-7-15/h3-9,11,14H,10,12-13H2,1-2H3,(H,22,27)(H,23,25)/t14-/m1/s1. The Bertz CT molecular complexity index is 900. The van der Waals surface area contributed by atoms with E-state index in [1.165, 1.54) is 14.2 Å². The maximum atomic E-state index is 12.4.